The number of aryl methyl sites for hydroxylation is 2. The van der Waals surface area contributed by atoms with Gasteiger partial charge in [0.15, 0.2) is 5.11 Å². The van der Waals surface area contributed by atoms with Crippen LogP contribution < -0.4 is 15.0 Å². The van der Waals surface area contributed by atoms with Crippen molar-refractivity contribution in [2.45, 2.75) is 39.3 Å². The summed E-state index contributed by atoms with van der Waals surface area (Å²) in [5.41, 5.74) is 7.76. The highest BCUT2D eigenvalue weighted by molar-refractivity contribution is 7.80. The SMILES string of the molecule is CCc1ccc(-n2c(C)cc([C@H]3[C@@H](c4ccccn4)NC(=S)N3c3ccc(OCCOC)c(Cl)c3)c2C)cc1. The van der Waals surface area contributed by atoms with Gasteiger partial charge in [-0.25, -0.2) is 0 Å². The van der Waals surface area contributed by atoms with E-state index in [1.807, 2.05) is 42.6 Å². The Balaban J connectivity index is 1.59. The normalized spacial score (nSPS) is 16.9. The quantitative estimate of drug-likeness (QED) is 0.177. The summed E-state index contributed by atoms with van der Waals surface area (Å²) in [4.78, 5) is 6.84. The van der Waals surface area contributed by atoms with E-state index in [-0.39, 0.29) is 12.1 Å². The molecule has 0 bridgehead atoms. The molecule has 8 heteroatoms. The van der Waals surface area contributed by atoms with Gasteiger partial charge in [-0.05, 0) is 92.1 Å². The fraction of sp³-hybridized carbons (Fsp3) is 0.290. The number of hydrogen-bond acceptors (Lipinski definition) is 4. The van der Waals surface area contributed by atoms with Crippen molar-refractivity contribution in [2.24, 2.45) is 0 Å². The third-order valence-electron chi connectivity index (χ3n) is 7.23. The molecule has 5 rings (SSSR count). The number of thiocarbonyl (C=S) groups is 1. The zero-order valence-corrected chi connectivity index (χ0v) is 24.2. The monoisotopic (exact) mass is 560 g/mol. The van der Waals surface area contributed by atoms with Crippen molar-refractivity contribution in [2.75, 3.05) is 25.2 Å². The van der Waals surface area contributed by atoms with Gasteiger partial charge in [0.2, 0.25) is 0 Å². The fourth-order valence-corrected chi connectivity index (χ4v) is 5.88. The molecule has 1 saturated heterocycles. The average Bonchev–Trinajstić information content (AvgIpc) is 3.45. The van der Waals surface area contributed by atoms with Crippen LogP contribution in [-0.4, -0.2) is 35.0 Å². The molecule has 6 nitrogen and oxygen atoms in total. The molecule has 0 radical (unpaired) electrons. The zero-order chi connectivity index (χ0) is 27.5. The molecule has 0 saturated carbocycles. The van der Waals surface area contributed by atoms with E-state index in [0.29, 0.717) is 29.1 Å². The standard InChI is InChI=1S/C31H33ClN4O2S/c1-5-22-9-11-23(12-10-22)35-20(2)18-25(21(35)3)30-29(27-8-6-7-15-33-27)34-31(39)36(30)24-13-14-28(26(32)19-24)38-17-16-37-4/h6-15,18-19,29-30H,5,16-17H2,1-4H3,(H,34,39)/t29-,30+/m1/s1. The average molecular weight is 561 g/mol. The first-order valence-electron chi connectivity index (χ1n) is 13.1. The molecule has 4 aromatic rings. The second kappa shape index (κ2) is 11.8. The van der Waals surface area contributed by atoms with E-state index in [1.54, 1.807) is 7.11 Å². The summed E-state index contributed by atoms with van der Waals surface area (Å²) in [7, 11) is 1.64. The topological polar surface area (TPSA) is 51.6 Å². The van der Waals surface area contributed by atoms with Crippen LogP contribution in [0.1, 0.15) is 47.2 Å². The van der Waals surface area contributed by atoms with Crippen molar-refractivity contribution in [3.05, 3.63) is 106 Å². The van der Waals surface area contributed by atoms with Gasteiger partial charge in [-0.15, -0.1) is 0 Å². The molecule has 0 amide bonds. The number of hydrogen-bond donors (Lipinski definition) is 1. The Morgan fingerprint density at radius 3 is 2.44 bits per heavy atom. The van der Waals surface area contributed by atoms with E-state index in [9.17, 15) is 0 Å². The minimum Gasteiger partial charge on any atom is -0.490 e. The minimum absolute atomic E-state index is 0.140. The van der Waals surface area contributed by atoms with Gasteiger partial charge < -0.3 is 24.3 Å². The number of halogens is 1. The lowest BCUT2D eigenvalue weighted by atomic mass is 9.96. The number of nitrogens with zero attached hydrogens (tertiary/aromatic N) is 3. The minimum atomic E-state index is -0.147. The number of ether oxygens (including phenoxy) is 2. The van der Waals surface area contributed by atoms with Gasteiger partial charge in [-0.3, -0.25) is 4.98 Å². The van der Waals surface area contributed by atoms with Crippen molar-refractivity contribution in [3.8, 4) is 11.4 Å². The molecule has 1 fully saturated rings. The van der Waals surface area contributed by atoms with E-state index in [4.69, 9.17) is 38.3 Å². The highest BCUT2D eigenvalue weighted by Crippen LogP contribution is 2.45. The molecule has 202 valence electrons. The van der Waals surface area contributed by atoms with Crippen molar-refractivity contribution < 1.29 is 9.47 Å². The molecular formula is C31H33ClN4O2S. The van der Waals surface area contributed by atoms with Crippen LogP contribution >= 0.6 is 23.8 Å². The largest absolute Gasteiger partial charge is 0.490 e. The van der Waals surface area contributed by atoms with E-state index in [2.05, 4.69) is 65.9 Å². The van der Waals surface area contributed by atoms with Crippen molar-refractivity contribution in [3.63, 3.8) is 0 Å². The van der Waals surface area contributed by atoms with E-state index in [1.165, 1.54) is 11.1 Å². The summed E-state index contributed by atoms with van der Waals surface area (Å²) in [5.74, 6) is 0.613. The Hall–Kier alpha value is -3.39. The fourth-order valence-electron chi connectivity index (χ4n) is 5.31. The summed E-state index contributed by atoms with van der Waals surface area (Å²) in [6.07, 6.45) is 2.83. The van der Waals surface area contributed by atoms with Crippen LogP contribution in [0.2, 0.25) is 5.02 Å². The Morgan fingerprint density at radius 2 is 1.77 bits per heavy atom. The molecule has 1 N–H and O–H groups in total. The highest BCUT2D eigenvalue weighted by atomic mass is 35.5. The first kappa shape index (κ1) is 27.2. The molecule has 0 unspecified atom stereocenters. The van der Waals surface area contributed by atoms with Gasteiger partial charge >= 0.3 is 0 Å². The molecule has 1 aliphatic heterocycles. The number of pyridine rings is 1. The van der Waals surface area contributed by atoms with Crippen LogP contribution in [0.15, 0.2) is 72.9 Å². The summed E-state index contributed by atoms with van der Waals surface area (Å²) >= 11 is 12.6. The van der Waals surface area contributed by atoms with E-state index < -0.39 is 0 Å². The number of methoxy groups -OCH3 is 1. The van der Waals surface area contributed by atoms with Gasteiger partial charge in [0.1, 0.15) is 12.4 Å². The summed E-state index contributed by atoms with van der Waals surface area (Å²) in [6.45, 7) is 7.41. The smallest absolute Gasteiger partial charge is 0.174 e. The predicted molar refractivity (Wildman–Crippen MR) is 161 cm³/mol. The first-order valence-corrected chi connectivity index (χ1v) is 13.9. The second-order valence-electron chi connectivity index (χ2n) is 9.63. The molecule has 3 heterocycles. The maximum atomic E-state index is 6.67. The number of benzene rings is 2. The van der Waals surface area contributed by atoms with Gasteiger partial charge in [-0.1, -0.05) is 36.7 Å². The lowest BCUT2D eigenvalue weighted by molar-refractivity contribution is 0.146. The van der Waals surface area contributed by atoms with Crippen LogP contribution in [-0.2, 0) is 11.2 Å². The number of rotatable bonds is 9. The van der Waals surface area contributed by atoms with Crippen LogP contribution in [0.5, 0.6) is 5.75 Å². The zero-order valence-electron chi connectivity index (χ0n) is 22.6. The Labute approximate surface area is 240 Å². The second-order valence-corrected chi connectivity index (χ2v) is 10.4. The molecule has 2 aromatic carbocycles. The molecule has 39 heavy (non-hydrogen) atoms. The van der Waals surface area contributed by atoms with Crippen LogP contribution in [0.25, 0.3) is 5.69 Å². The van der Waals surface area contributed by atoms with Crippen molar-refractivity contribution >= 4 is 34.6 Å². The molecule has 2 atom stereocenters. The molecule has 0 aliphatic carbocycles. The highest BCUT2D eigenvalue weighted by Gasteiger charge is 2.42. The first-order chi connectivity index (χ1) is 18.9. The Morgan fingerprint density at radius 1 is 1.00 bits per heavy atom. The summed E-state index contributed by atoms with van der Waals surface area (Å²) in [6, 6.07) is 22.5. The molecular weight excluding hydrogens is 528 g/mol. The van der Waals surface area contributed by atoms with Gasteiger partial charge in [0.25, 0.3) is 0 Å². The maximum absolute atomic E-state index is 6.67. The Kier molecular flexibility index (Phi) is 8.21. The van der Waals surface area contributed by atoms with Crippen LogP contribution in [0.3, 0.4) is 0 Å². The molecule has 1 aliphatic rings. The maximum Gasteiger partial charge on any atom is 0.174 e. The number of nitrogens with one attached hydrogen (secondary N) is 1. The lowest BCUT2D eigenvalue weighted by Gasteiger charge is -2.28. The van der Waals surface area contributed by atoms with Gasteiger partial charge in [0, 0.05) is 36.1 Å². The third kappa shape index (κ3) is 5.39. The Bertz CT molecular complexity index is 1460. The number of aromatic nitrogens is 2. The van der Waals surface area contributed by atoms with Crippen molar-refractivity contribution in [1.82, 2.24) is 14.9 Å². The molecule has 0 spiro atoms. The van der Waals surface area contributed by atoms with Crippen LogP contribution in [0, 0.1) is 13.8 Å². The summed E-state index contributed by atoms with van der Waals surface area (Å²) in [5, 5.41) is 4.69. The number of anilines is 1. The summed E-state index contributed by atoms with van der Waals surface area (Å²) < 4.78 is 13.2. The van der Waals surface area contributed by atoms with Gasteiger partial charge in [-0.2, -0.15) is 0 Å². The van der Waals surface area contributed by atoms with Crippen LogP contribution in [0.4, 0.5) is 5.69 Å². The molecule has 2 aromatic heterocycles. The van der Waals surface area contributed by atoms with Crippen molar-refractivity contribution in [1.29, 1.82) is 0 Å². The predicted octanol–water partition coefficient (Wildman–Crippen LogP) is 6.91. The van der Waals surface area contributed by atoms with E-state index in [0.717, 1.165) is 34.9 Å². The third-order valence-corrected chi connectivity index (χ3v) is 7.84. The van der Waals surface area contributed by atoms with Gasteiger partial charge in [0.05, 0.1) is 29.4 Å². The van der Waals surface area contributed by atoms with E-state index >= 15 is 0 Å². The lowest BCUT2D eigenvalue weighted by Crippen LogP contribution is -2.29.